The van der Waals surface area contributed by atoms with Crippen molar-refractivity contribution >= 4 is 6.03 Å². The normalized spacial score (nSPS) is 25.1. The molecule has 0 bridgehead atoms. The molecule has 2 rings (SSSR count). The van der Waals surface area contributed by atoms with Gasteiger partial charge in [-0.25, -0.2) is 4.79 Å². The average Bonchev–Trinajstić information content (AvgIpc) is 2.67. The molecule has 0 radical (unpaired) electrons. The maximum absolute atomic E-state index is 10.7. The number of carbonyl (C=O) groups excluding carboxylic acids is 1. The van der Waals surface area contributed by atoms with E-state index in [1.165, 1.54) is 5.56 Å². The third kappa shape index (κ3) is 2.49. The summed E-state index contributed by atoms with van der Waals surface area (Å²) in [7, 11) is 0. The molecule has 80 valence electrons. The van der Waals surface area contributed by atoms with Crippen molar-refractivity contribution in [1.82, 2.24) is 5.32 Å². The lowest BCUT2D eigenvalue weighted by molar-refractivity contribution is 0.245. The van der Waals surface area contributed by atoms with Crippen LogP contribution < -0.4 is 11.1 Å². The van der Waals surface area contributed by atoms with Crippen LogP contribution in [0.2, 0.25) is 0 Å². The van der Waals surface area contributed by atoms with Crippen molar-refractivity contribution in [3.05, 3.63) is 35.9 Å². The lowest BCUT2D eigenvalue weighted by Gasteiger charge is -2.11. The van der Waals surface area contributed by atoms with Crippen LogP contribution in [0.5, 0.6) is 0 Å². The summed E-state index contributed by atoms with van der Waals surface area (Å²) in [6, 6.07) is 10.3. The minimum atomic E-state index is -0.409. The Bertz CT molecular complexity index is 337. The third-order valence-electron chi connectivity index (χ3n) is 3.05. The molecule has 1 aromatic carbocycles. The average molecular weight is 204 g/mol. The number of hydrogen-bond acceptors (Lipinski definition) is 1. The maximum Gasteiger partial charge on any atom is 0.312 e. The molecular weight excluding hydrogens is 188 g/mol. The van der Waals surface area contributed by atoms with E-state index >= 15 is 0 Å². The fourth-order valence-electron chi connectivity index (χ4n) is 2.34. The van der Waals surface area contributed by atoms with Crippen molar-refractivity contribution in [2.45, 2.75) is 31.2 Å². The molecule has 1 aliphatic rings. The van der Waals surface area contributed by atoms with Gasteiger partial charge in [-0.1, -0.05) is 30.3 Å². The van der Waals surface area contributed by atoms with Gasteiger partial charge in [0.2, 0.25) is 0 Å². The van der Waals surface area contributed by atoms with Gasteiger partial charge in [0.25, 0.3) is 0 Å². The smallest absolute Gasteiger partial charge is 0.312 e. The minimum absolute atomic E-state index is 0.257. The number of primary amides is 1. The van der Waals surface area contributed by atoms with Gasteiger partial charge in [0.1, 0.15) is 0 Å². The van der Waals surface area contributed by atoms with Gasteiger partial charge in [-0.3, -0.25) is 0 Å². The van der Waals surface area contributed by atoms with Crippen molar-refractivity contribution in [2.75, 3.05) is 0 Å². The molecule has 0 heterocycles. The molecule has 0 aromatic heterocycles. The Kier molecular flexibility index (Phi) is 2.90. The zero-order valence-corrected chi connectivity index (χ0v) is 8.65. The predicted molar refractivity (Wildman–Crippen MR) is 59.5 cm³/mol. The highest BCUT2D eigenvalue weighted by Crippen LogP contribution is 2.34. The molecule has 3 heteroatoms. The van der Waals surface area contributed by atoms with E-state index in [-0.39, 0.29) is 6.04 Å². The molecule has 15 heavy (non-hydrogen) atoms. The van der Waals surface area contributed by atoms with Gasteiger partial charge in [-0.2, -0.15) is 0 Å². The zero-order valence-electron chi connectivity index (χ0n) is 8.65. The van der Waals surface area contributed by atoms with Crippen LogP contribution in [0.1, 0.15) is 30.7 Å². The summed E-state index contributed by atoms with van der Waals surface area (Å²) < 4.78 is 0. The Labute approximate surface area is 89.7 Å². The van der Waals surface area contributed by atoms with Crippen molar-refractivity contribution < 1.29 is 4.79 Å². The van der Waals surface area contributed by atoms with E-state index < -0.39 is 6.03 Å². The number of hydrogen-bond donors (Lipinski definition) is 2. The SMILES string of the molecule is NC(=O)NC1CCC(c2ccccc2)C1. The number of urea groups is 1. The van der Waals surface area contributed by atoms with Gasteiger partial charge >= 0.3 is 6.03 Å². The largest absolute Gasteiger partial charge is 0.352 e. The minimum Gasteiger partial charge on any atom is -0.352 e. The first-order valence-corrected chi connectivity index (χ1v) is 5.36. The topological polar surface area (TPSA) is 55.1 Å². The Morgan fingerprint density at radius 2 is 2.00 bits per heavy atom. The number of rotatable bonds is 2. The van der Waals surface area contributed by atoms with E-state index in [1.54, 1.807) is 0 Å². The summed E-state index contributed by atoms with van der Waals surface area (Å²) in [6.45, 7) is 0. The van der Waals surface area contributed by atoms with Crippen molar-refractivity contribution in [1.29, 1.82) is 0 Å². The summed E-state index contributed by atoms with van der Waals surface area (Å²) >= 11 is 0. The molecule has 0 saturated heterocycles. The fraction of sp³-hybridized carbons (Fsp3) is 0.417. The number of nitrogens with two attached hydrogens (primary N) is 1. The number of amides is 2. The second-order valence-corrected chi connectivity index (χ2v) is 4.13. The maximum atomic E-state index is 10.7. The predicted octanol–water partition coefficient (Wildman–Crippen LogP) is 1.99. The molecule has 0 aliphatic heterocycles. The van der Waals surface area contributed by atoms with Gasteiger partial charge in [0.05, 0.1) is 0 Å². The van der Waals surface area contributed by atoms with E-state index in [1.807, 2.05) is 6.07 Å². The van der Waals surface area contributed by atoms with E-state index in [0.29, 0.717) is 5.92 Å². The molecule has 2 unspecified atom stereocenters. The highest BCUT2D eigenvalue weighted by atomic mass is 16.2. The van der Waals surface area contributed by atoms with E-state index in [9.17, 15) is 4.79 Å². The highest BCUT2D eigenvalue weighted by molar-refractivity contribution is 5.72. The highest BCUT2D eigenvalue weighted by Gasteiger charge is 2.26. The molecule has 1 saturated carbocycles. The van der Waals surface area contributed by atoms with E-state index in [2.05, 4.69) is 29.6 Å². The third-order valence-corrected chi connectivity index (χ3v) is 3.05. The zero-order chi connectivity index (χ0) is 10.7. The molecule has 3 nitrogen and oxygen atoms in total. The number of carbonyl (C=O) groups is 1. The van der Waals surface area contributed by atoms with Crippen LogP contribution in [-0.4, -0.2) is 12.1 Å². The van der Waals surface area contributed by atoms with Crippen LogP contribution in [0.25, 0.3) is 0 Å². The van der Waals surface area contributed by atoms with Gasteiger partial charge in [-0.15, -0.1) is 0 Å². The summed E-state index contributed by atoms with van der Waals surface area (Å²) in [6.07, 6.45) is 3.17. The molecular formula is C12H16N2O. The lowest BCUT2D eigenvalue weighted by atomic mass is 9.98. The van der Waals surface area contributed by atoms with Crippen LogP contribution in [0, 0.1) is 0 Å². The molecule has 1 fully saturated rings. The van der Waals surface area contributed by atoms with Crippen molar-refractivity contribution in [3.63, 3.8) is 0 Å². The summed E-state index contributed by atoms with van der Waals surface area (Å²) in [5.74, 6) is 0.572. The Morgan fingerprint density at radius 1 is 1.27 bits per heavy atom. The van der Waals surface area contributed by atoms with Gasteiger partial charge < -0.3 is 11.1 Å². The molecule has 2 amide bonds. The summed E-state index contributed by atoms with van der Waals surface area (Å²) in [5, 5.41) is 2.78. The first-order chi connectivity index (χ1) is 7.25. The van der Waals surface area contributed by atoms with Crippen molar-refractivity contribution in [2.24, 2.45) is 5.73 Å². The van der Waals surface area contributed by atoms with Gasteiger partial charge in [-0.05, 0) is 30.7 Å². The van der Waals surface area contributed by atoms with Gasteiger partial charge in [0, 0.05) is 6.04 Å². The van der Waals surface area contributed by atoms with Crippen LogP contribution in [0.3, 0.4) is 0 Å². The standard InChI is InChI=1S/C12H16N2O/c13-12(15)14-11-7-6-10(8-11)9-4-2-1-3-5-9/h1-5,10-11H,6-8H2,(H3,13,14,15). The van der Waals surface area contributed by atoms with Crippen LogP contribution in [0.4, 0.5) is 4.79 Å². The monoisotopic (exact) mass is 204 g/mol. The second kappa shape index (κ2) is 4.34. The van der Waals surface area contributed by atoms with Gasteiger partial charge in [0.15, 0.2) is 0 Å². The first kappa shape index (κ1) is 10.0. The fourth-order valence-corrected chi connectivity index (χ4v) is 2.34. The Morgan fingerprint density at radius 3 is 2.67 bits per heavy atom. The van der Waals surface area contributed by atoms with Crippen LogP contribution in [-0.2, 0) is 0 Å². The summed E-state index contributed by atoms with van der Waals surface area (Å²) in [5.41, 5.74) is 6.47. The Hall–Kier alpha value is -1.51. The number of nitrogens with one attached hydrogen (secondary N) is 1. The summed E-state index contributed by atoms with van der Waals surface area (Å²) in [4.78, 5) is 10.7. The second-order valence-electron chi connectivity index (χ2n) is 4.13. The number of benzene rings is 1. The molecule has 1 aliphatic carbocycles. The molecule has 1 aromatic rings. The first-order valence-electron chi connectivity index (χ1n) is 5.36. The molecule has 0 spiro atoms. The molecule has 3 N–H and O–H groups in total. The quantitative estimate of drug-likeness (QED) is 0.760. The van der Waals surface area contributed by atoms with E-state index in [4.69, 9.17) is 5.73 Å². The van der Waals surface area contributed by atoms with Crippen LogP contribution in [0.15, 0.2) is 30.3 Å². The lowest BCUT2D eigenvalue weighted by Crippen LogP contribution is -2.36. The molecule has 2 atom stereocenters. The van der Waals surface area contributed by atoms with Crippen LogP contribution >= 0.6 is 0 Å². The van der Waals surface area contributed by atoms with Crippen molar-refractivity contribution in [3.8, 4) is 0 Å². The van der Waals surface area contributed by atoms with E-state index in [0.717, 1.165) is 19.3 Å². The Balaban J connectivity index is 1.96.